The van der Waals surface area contributed by atoms with E-state index in [0.717, 1.165) is 24.8 Å². The third-order valence-corrected chi connectivity index (χ3v) is 6.62. The van der Waals surface area contributed by atoms with Crippen molar-refractivity contribution in [2.24, 2.45) is 11.8 Å². The van der Waals surface area contributed by atoms with Crippen LogP contribution >= 0.6 is 0 Å². The Bertz CT molecular complexity index is 723. The van der Waals surface area contributed by atoms with Gasteiger partial charge in [0, 0.05) is 38.1 Å². The molecule has 4 atom stereocenters. The van der Waals surface area contributed by atoms with Crippen LogP contribution in [0.5, 0.6) is 0 Å². The summed E-state index contributed by atoms with van der Waals surface area (Å²) >= 11 is 0. The monoisotopic (exact) mass is 398 g/mol. The van der Waals surface area contributed by atoms with Gasteiger partial charge in [0.1, 0.15) is 5.82 Å². The number of fused-ring (bicyclic) bond motifs is 4. The molecule has 3 nitrogen and oxygen atoms in total. The van der Waals surface area contributed by atoms with Crippen molar-refractivity contribution in [1.82, 2.24) is 9.80 Å². The second-order valence-electron chi connectivity index (χ2n) is 8.54. The van der Waals surface area contributed by atoms with E-state index in [9.17, 15) is 22.4 Å². The third kappa shape index (κ3) is 4.19. The standard InChI is InChI=1S/C21H26F4N2O/c22-17-4-1-3-14(9-17)10-19-16-11-15(18-5-2-6-20(28)27(18)19)12-26(13-16)8-7-21(23,24)25/h1,3-4,9,15-16,18-19H,2,5-8,10-13H2/t15-,16+,18+,19+/m1/s1. The molecule has 3 fully saturated rings. The first-order valence-electron chi connectivity index (χ1n) is 10.1. The number of carbonyl (C=O) groups excluding carboxylic acids is 1. The molecule has 3 aliphatic rings. The fourth-order valence-corrected chi connectivity index (χ4v) is 5.51. The van der Waals surface area contributed by atoms with E-state index in [2.05, 4.69) is 0 Å². The summed E-state index contributed by atoms with van der Waals surface area (Å²) < 4.78 is 51.8. The fraction of sp³-hybridized carbons (Fsp3) is 0.667. The van der Waals surface area contributed by atoms with Crippen molar-refractivity contribution in [3.05, 3.63) is 35.6 Å². The number of benzene rings is 1. The van der Waals surface area contributed by atoms with Gasteiger partial charge in [0.15, 0.2) is 0 Å². The van der Waals surface area contributed by atoms with E-state index in [-0.39, 0.29) is 42.2 Å². The molecule has 1 amide bonds. The van der Waals surface area contributed by atoms with Crippen LogP contribution in [0.2, 0.25) is 0 Å². The number of rotatable bonds is 4. The zero-order valence-electron chi connectivity index (χ0n) is 15.8. The molecule has 0 aromatic heterocycles. The zero-order chi connectivity index (χ0) is 19.9. The third-order valence-electron chi connectivity index (χ3n) is 6.62. The molecule has 3 aliphatic heterocycles. The Balaban J connectivity index is 1.56. The van der Waals surface area contributed by atoms with Gasteiger partial charge in [-0.25, -0.2) is 4.39 Å². The summed E-state index contributed by atoms with van der Waals surface area (Å²) in [6, 6.07) is 6.47. The Morgan fingerprint density at radius 2 is 1.93 bits per heavy atom. The maximum absolute atomic E-state index is 13.7. The maximum Gasteiger partial charge on any atom is 0.390 e. The molecule has 2 bridgehead atoms. The summed E-state index contributed by atoms with van der Waals surface area (Å²) in [5.41, 5.74) is 0.841. The Kier molecular flexibility index (Phi) is 5.38. The fourth-order valence-electron chi connectivity index (χ4n) is 5.51. The van der Waals surface area contributed by atoms with E-state index in [1.54, 1.807) is 6.07 Å². The van der Waals surface area contributed by atoms with Crippen LogP contribution in [0.15, 0.2) is 24.3 Å². The van der Waals surface area contributed by atoms with E-state index in [1.165, 1.54) is 12.1 Å². The molecule has 154 valence electrons. The highest BCUT2D eigenvalue weighted by atomic mass is 19.4. The van der Waals surface area contributed by atoms with Crippen molar-refractivity contribution in [1.29, 1.82) is 0 Å². The predicted octanol–water partition coefficient (Wildman–Crippen LogP) is 4.02. The van der Waals surface area contributed by atoms with E-state index >= 15 is 0 Å². The lowest BCUT2D eigenvalue weighted by molar-refractivity contribution is -0.155. The Labute approximate surface area is 162 Å². The molecule has 0 saturated carbocycles. The molecule has 3 saturated heterocycles. The van der Waals surface area contributed by atoms with Gasteiger partial charge >= 0.3 is 6.18 Å². The van der Waals surface area contributed by atoms with Crippen LogP contribution in [0.25, 0.3) is 0 Å². The number of carbonyl (C=O) groups is 1. The number of amides is 1. The lowest BCUT2D eigenvalue weighted by Gasteiger charge is -2.57. The summed E-state index contributed by atoms with van der Waals surface area (Å²) in [5.74, 6) is 0.216. The molecule has 4 rings (SSSR count). The van der Waals surface area contributed by atoms with Crippen molar-refractivity contribution in [3.8, 4) is 0 Å². The van der Waals surface area contributed by atoms with Crippen molar-refractivity contribution in [3.63, 3.8) is 0 Å². The minimum atomic E-state index is -4.15. The number of hydrogen-bond donors (Lipinski definition) is 0. The van der Waals surface area contributed by atoms with E-state index in [1.807, 2.05) is 15.9 Å². The minimum absolute atomic E-state index is 0.0177. The second kappa shape index (κ2) is 7.65. The van der Waals surface area contributed by atoms with Crippen molar-refractivity contribution in [2.75, 3.05) is 19.6 Å². The molecule has 0 radical (unpaired) electrons. The van der Waals surface area contributed by atoms with Crippen LogP contribution in [0.1, 0.15) is 37.7 Å². The summed E-state index contributed by atoms with van der Waals surface area (Å²) in [6.07, 6.45) is -1.16. The topological polar surface area (TPSA) is 23.6 Å². The van der Waals surface area contributed by atoms with E-state index < -0.39 is 12.6 Å². The number of hydrogen-bond acceptors (Lipinski definition) is 2. The maximum atomic E-state index is 13.7. The first kappa shape index (κ1) is 19.7. The Hall–Kier alpha value is -1.63. The summed E-state index contributed by atoms with van der Waals surface area (Å²) in [6.45, 7) is 1.22. The highest BCUT2D eigenvalue weighted by Gasteiger charge is 2.49. The van der Waals surface area contributed by atoms with Crippen LogP contribution in [-0.4, -0.2) is 53.6 Å². The Morgan fingerprint density at radius 3 is 2.68 bits per heavy atom. The first-order chi connectivity index (χ1) is 13.3. The molecule has 3 heterocycles. The largest absolute Gasteiger partial charge is 0.390 e. The molecule has 1 aromatic rings. The van der Waals surface area contributed by atoms with Gasteiger partial charge in [-0.2, -0.15) is 13.2 Å². The number of nitrogens with zero attached hydrogens (tertiary/aromatic N) is 2. The molecule has 0 spiro atoms. The van der Waals surface area contributed by atoms with Crippen LogP contribution in [0, 0.1) is 17.7 Å². The van der Waals surface area contributed by atoms with Crippen molar-refractivity contribution < 1.29 is 22.4 Å². The van der Waals surface area contributed by atoms with Crippen LogP contribution in [0.4, 0.5) is 17.6 Å². The van der Waals surface area contributed by atoms with Crippen LogP contribution in [-0.2, 0) is 11.2 Å². The molecule has 0 aliphatic carbocycles. The Morgan fingerprint density at radius 1 is 1.14 bits per heavy atom. The lowest BCUT2D eigenvalue weighted by Crippen LogP contribution is -2.65. The minimum Gasteiger partial charge on any atom is -0.336 e. The molecule has 28 heavy (non-hydrogen) atoms. The lowest BCUT2D eigenvalue weighted by atomic mass is 9.70. The van der Waals surface area contributed by atoms with Crippen molar-refractivity contribution in [2.45, 2.75) is 56.8 Å². The molecule has 7 heteroatoms. The van der Waals surface area contributed by atoms with Gasteiger partial charge in [-0.15, -0.1) is 0 Å². The van der Waals surface area contributed by atoms with Gasteiger partial charge in [0.05, 0.1) is 6.42 Å². The quantitative estimate of drug-likeness (QED) is 0.716. The van der Waals surface area contributed by atoms with Gasteiger partial charge in [0.25, 0.3) is 0 Å². The summed E-state index contributed by atoms with van der Waals surface area (Å²) in [7, 11) is 0. The average molecular weight is 398 g/mol. The number of piperidine rings is 3. The SMILES string of the molecule is O=C1CCC[C@H]2[C@@H]3C[C@@H](CN(CCC(F)(F)F)C3)[C@H](Cc3cccc(F)c3)N12. The van der Waals surface area contributed by atoms with Gasteiger partial charge < -0.3 is 9.80 Å². The average Bonchev–Trinajstić information content (AvgIpc) is 2.63. The van der Waals surface area contributed by atoms with Gasteiger partial charge in [-0.3, -0.25) is 4.79 Å². The normalized spacial score (nSPS) is 31.0. The highest BCUT2D eigenvalue weighted by Crippen LogP contribution is 2.42. The van der Waals surface area contributed by atoms with Gasteiger partial charge in [0.2, 0.25) is 5.91 Å². The smallest absolute Gasteiger partial charge is 0.336 e. The molecule has 0 unspecified atom stereocenters. The van der Waals surface area contributed by atoms with Crippen LogP contribution < -0.4 is 0 Å². The molecule has 1 aromatic carbocycles. The summed E-state index contributed by atoms with van der Waals surface area (Å²) in [5, 5.41) is 0. The van der Waals surface area contributed by atoms with Crippen LogP contribution in [0.3, 0.4) is 0 Å². The zero-order valence-corrected chi connectivity index (χ0v) is 15.8. The number of alkyl halides is 3. The highest BCUT2D eigenvalue weighted by molar-refractivity contribution is 5.78. The van der Waals surface area contributed by atoms with E-state index in [4.69, 9.17) is 0 Å². The first-order valence-corrected chi connectivity index (χ1v) is 10.1. The second-order valence-corrected chi connectivity index (χ2v) is 8.54. The summed E-state index contributed by atoms with van der Waals surface area (Å²) in [4.78, 5) is 16.7. The number of likely N-dealkylation sites (tertiary alicyclic amines) is 1. The predicted molar refractivity (Wildman–Crippen MR) is 97.1 cm³/mol. The molecule has 0 N–H and O–H groups in total. The van der Waals surface area contributed by atoms with E-state index in [0.29, 0.717) is 25.9 Å². The number of halogens is 4. The van der Waals surface area contributed by atoms with Gasteiger partial charge in [-0.05, 0) is 55.2 Å². The van der Waals surface area contributed by atoms with Crippen molar-refractivity contribution >= 4 is 5.91 Å². The van der Waals surface area contributed by atoms with Gasteiger partial charge in [-0.1, -0.05) is 12.1 Å². The molecular formula is C21H26F4N2O. The molecular weight excluding hydrogens is 372 g/mol.